The molecule has 0 aromatic heterocycles. The Kier molecular flexibility index (Phi) is 4.72. The van der Waals surface area contributed by atoms with Crippen molar-refractivity contribution in [1.82, 2.24) is 0 Å². The summed E-state index contributed by atoms with van der Waals surface area (Å²) in [5.41, 5.74) is 1.61. The number of nitro benzene ring substituents is 1. The molecule has 20 heavy (non-hydrogen) atoms. The smallest absolute Gasteiger partial charge is 0.271 e. The Bertz CT molecular complexity index is 624. The van der Waals surface area contributed by atoms with Gasteiger partial charge < -0.3 is 5.32 Å². The van der Waals surface area contributed by atoms with E-state index < -0.39 is 4.92 Å². The first-order chi connectivity index (χ1) is 9.47. The van der Waals surface area contributed by atoms with E-state index >= 15 is 0 Å². The average molecular weight is 404 g/mol. The van der Waals surface area contributed by atoms with Crippen LogP contribution in [0.5, 0.6) is 0 Å². The van der Waals surface area contributed by atoms with Crippen molar-refractivity contribution in [3.8, 4) is 0 Å². The SMILES string of the molecule is O=[N+]([O-])c1cc(Br)c(NCc2ccc(F)cc2)c(Br)c1. The highest BCUT2D eigenvalue weighted by atomic mass is 79.9. The Hall–Kier alpha value is -1.47. The summed E-state index contributed by atoms with van der Waals surface area (Å²) >= 11 is 6.59. The highest BCUT2D eigenvalue weighted by Gasteiger charge is 2.13. The molecule has 2 aromatic rings. The van der Waals surface area contributed by atoms with Crippen LogP contribution in [0, 0.1) is 15.9 Å². The van der Waals surface area contributed by atoms with Crippen LogP contribution in [-0.2, 0) is 6.54 Å². The maximum atomic E-state index is 12.8. The van der Waals surface area contributed by atoms with Crippen LogP contribution in [0.15, 0.2) is 45.3 Å². The highest BCUT2D eigenvalue weighted by molar-refractivity contribution is 9.11. The average Bonchev–Trinajstić information content (AvgIpc) is 2.39. The van der Waals surface area contributed by atoms with Crippen molar-refractivity contribution in [2.75, 3.05) is 5.32 Å². The van der Waals surface area contributed by atoms with E-state index in [1.807, 2.05) is 0 Å². The third-order valence-electron chi connectivity index (χ3n) is 2.62. The summed E-state index contributed by atoms with van der Waals surface area (Å²) in [4.78, 5) is 10.3. The van der Waals surface area contributed by atoms with Crippen molar-refractivity contribution < 1.29 is 9.31 Å². The Morgan fingerprint density at radius 1 is 1.15 bits per heavy atom. The van der Waals surface area contributed by atoms with Gasteiger partial charge in [-0.15, -0.1) is 0 Å². The van der Waals surface area contributed by atoms with Crippen LogP contribution in [0.4, 0.5) is 15.8 Å². The summed E-state index contributed by atoms with van der Waals surface area (Å²) in [5, 5.41) is 13.9. The molecule has 0 saturated carbocycles. The first-order valence-corrected chi connectivity index (χ1v) is 7.17. The fourth-order valence-electron chi connectivity index (χ4n) is 1.63. The third-order valence-corrected chi connectivity index (χ3v) is 3.87. The summed E-state index contributed by atoms with van der Waals surface area (Å²) in [6, 6.07) is 8.98. The fourth-order valence-corrected chi connectivity index (χ4v) is 3.07. The lowest BCUT2D eigenvalue weighted by atomic mass is 10.2. The predicted molar refractivity (Wildman–Crippen MR) is 82.2 cm³/mol. The van der Waals surface area contributed by atoms with E-state index in [0.717, 1.165) is 5.56 Å². The van der Waals surface area contributed by atoms with Gasteiger partial charge in [-0.3, -0.25) is 10.1 Å². The summed E-state index contributed by atoms with van der Waals surface area (Å²) in [5.74, 6) is -0.286. The van der Waals surface area contributed by atoms with Crippen molar-refractivity contribution in [3.05, 3.63) is 66.8 Å². The molecule has 4 nitrogen and oxygen atoms in total. The normalized spacial score (nSPS) is 10.3. The second-order valence-electron chi connectivity index (χ2n) is 4.02. The quantitative estimate of drug-likeness (QED) is 0.585. The molecule has 0 bridgehead atoms. The third kappa shape index (κ3) is 3.55. The summed E-state index contributed by atoms with van der Waals surface area (Å²) < 4.78 is 14.0. The number of nitrogens with one attached hydrogen (secondary N) is 1. The molecule has 0 unspecified atom stereocenters. The zero-order valence-corrected chi connectivity index (χ0v) is 13.2. The lowest BCUT2D eigenvalue weighted by molar-refractivity contribution is -0.385. The Morgan fingerprint density at radius 3 is 2.20 bits per heavy atom. The van der Waals surface area contributed by atoms with E-state index in [4.69, 9.17) is 0 Å². The highest BCUT2D eigenvalue weighted by Crippen LogP contribution is 2.35. The standard InChI is InChI=1S/C13H9Br2FN2O2/c14-11-5-10(18(19)20)6-12(15)13(11)17-7-8-1-3-9(16)4-2-8/h1-6,17H,7H2. The van der Waals surface area contributed by atoms with Crippen molar-refractivity contribution in [2.45, 2.75) is 6.54 Å². The fraction of sp³-hybridized carbons (Fsp3) is 0.0769. The van der Waals surface area contributed by atoms with E-state index in [9.17, 15) is 14.5 Å². The molecular weight excluding hydrogens is 395 g/mol. The molecule has 0 aliphatic carbocycles. The molecule has 0 aliphatic rings. The van der Waals surface area contributed by atoms with Crippen molar-refractivity contribution >= 4 is 43.2 Å². The summed E-state index contributed by atoms with van der Waals surface area (Å²) in [6.45, 7) is 0.481. The van der Waals surface area contributed by atoms with Gasteiger partial charge in [-0.1, -0.05) is 12.1 Å². The van der Waals surface area contributed by atoms with E-state index in [-0.39, 0.29) is 11.5 Å². The maximum Gasteiger partial charge on any atom is 0.271 e. The van der Waals surface area contributed by atoms with Gasteiger partial charge in [0.1, 0.15) is 5.82 Å². The number of anilines is 1. The summed E-state index contributed by atoms with van der Waals surface area (Å²) in [6.07, 6.45) is 0. The van der Waals surface area contributed by atoms with Gasteiger partial charge in [0.2, 0.25) is 0 Å². The van der Waals surface area contributed by atoms with Crippen LogP contribution < -0.4 is 5.32 Å². The molecule has 0 atom stereocenters. The molecule has 0 spiro atoms. The number of benzene rings is 2. The van der Waals surface area contributed by atoms with Crippen molar-refractivity contribution in [2.24, 2.45) is 0 Å². The molecule has 0 heterocycles. The van der Waals surface area contributed by atoms with Gasteiger partial charge in [0.05, 0.1) is 10.6 Å². The van der Waals surface area contributed by atoms with Gasteiger partial charge in [0.25, 0.3) is 5.69 Å². The Labute approximate surface area is 131 Å². The van der Waals surface area contributed by atoms with E-state index in [1.165, 1.54) is 24.3 Å². The molecule has 2 rings (SSSR count). The largest absolute Gasteiger partial charge is 0.379 e. The number of halogens is 3. The number of hydrogen-bond donors (Lipinski definition) is 1. The number of nitro groups is 1. The zero-order chi connectivity index (χ0) is 14.7. The molecule has 0 saturated heterocycles. The van der Waals surface area contributed by atoms with Crippen molar-refractivity contribution in [1.29, 1.82) is 0 Å². The van der Waals surface area contributed by atoms with Gasteiger partial charge in [-0.25, -0.2) is 4.39 Å². The molecule has 2 aromatic carbocycles. The van der Waals surface area contributed by atoms with Crippen molar-refractivity contribution in [3.63, 3.8) is 0 Å². The van der Waals surface area contributed by atoms with Crippen LogP contribution >= 0.6 is 31.9 Å². The van der Waals surface area contributed by atoms with Crippen LogP contribution in [0.3, 0.4) is 0 Å². The molecule has 0 radical (unpaired) electrons. The zero-order valence-electron chi connectivity index (χ0n) is 10.1. The van der Waals surface area contributed by atoms with Crippen LogP contribution in [0.1, 0.15) is 5.56 Å². The minimum atomic E-state index is -0.459. The number of hydrogen-bond acceptors (Lipinski definition) is 3. The lowest BCUT2D eigenvalue weighted by Gasteiger charge is -2.11. The van der Waals surface area contributed by atoms with E-state index in [1.54, 1.807) is 12.1 Å². The Morgan fingerprint density at radius 2 is 1.70 bits per heavy atom. The molecule has 7 heteroatoms. The minimum absolute atomic E-state index is 0.00363. The molecule has 0 fully saturated rings. The van der Waals surface area contributed by atoms with Gasteiger partial charge >= 0.3 is 0 Å². The number of rotatable bonds is 4. The first kappa shape index (κ1) is 14.9. The van der Waals surface area contributed by atoms with E-state index in [2.05, 4.69) is 37.2 Å². The minimum Gasteiger partial charge on any atom is -0.379 e. The second kappa shape index (κ2) is 6.32. The van der Waals surface area contributed by atoms with Crippen LogP contribution in [0.25, 0.3) is 0 Å². The van der Waals surface area contributed by atoms with Gasteiger partial charge in [0, 0.05) is 27.6 Å². The van der Waals surface area contributed by atoms with Gasteiger partial charge in [-0.05, 0) is 49.6 Å². The Balaban J connectivity index is 2.17. The first-order valence-electron chi connectivity index (χ1n) is 5.59. The molecule has 0 amide bonds. The molecular formula is C13H9Br2FN2O2. The summed E-state index contributed by atoms with van der Waals surface area (Å²) in [7, 11) is 0. The molecule has 1 N–H and O–H groups in total. The van der Waals surface area contributed by atoms with Gasteiger partial charge in [-0.2, -0.15) is 0 Å². The van der Waals surface area contributed by atoms with Crippen LogP contribution in [-0.4, -0.2) is 4.92 Å². The lowest BCUT2D eigenvalue weighted by Crippen LogP contribution is -2.01. The topological polar surface area (TPSA) is 55.2 Å². The van der Waals surface area contributed by atoms with E-state index in [0.29, 0.717) is 21.2 Å². The monoisotopic (exact) mass is 402 g/mol. The molecule has 104 valence electrons. The predicted octanol–water partition coefficient (Wildman–Crippen LogP) is 4.87. The number of nitrogens with zero attached hydrogens (tertiary/aromatic N) is 1. The number of non-ortho nitro benzene ring substituents is 1. The van der Waals surface area contributed by atoms with Crippen LogP contribution in [0.2, 0.25) is 0 Å². The second-order valence-corrected chi connectivity index (χ2v) is 5.73. The molecule has 0 aliphatic heterocycles. The maximum absolute atomic E-state index is 12.8. The van der Waals surface area contributed by atoms with Gasteiger partial charge in [0.15, 0.2) is 0 Å².